The van der Waals surface area contributed by atoms with Crippen LogP contribution in [0.1, 0.15) is 0 Å². The molecule has 0 radical (unpaired) electrons. The number of para-hydroxylation sites is 1. The number of hydrogen-bond donors (Lipinski definition) is 1. The fourth-order valence-corrected chi connectivity index (χ4v) is 3.42. The standard InChI is InChI=1S/C18H14ClF2N3O3S/c1-24-16(26)11-4-2-3-5-13(11)23-18(24)28-9-15(25)22-10-6-7-14(12(19)8-10)27-17(20)21/h2-8,17H,9H2,1H3,(H,22,25). The van der Waals surface area contributed by atoms with Crippen LogP contribution in [-0.4, -0.2) is 27.8 Å². The van der Waals surface area contributed by atoms with Crippen molar-refractivity contribution in [2.45, 2.75) is 11.8 Å². The van der Waals surface area contributed by atoms with Crippen molar-refractivity contribution in [2.75, 3.05) is 11.1 Å². The van der Waals surface area contributed by atoms with Crippen molar-refractivity contribution in [1.29, 1.82) is 0 Å². The van der Waals surface area contributed by atoms with Gasteiger partial charge in [-0.05, 0) is 30.3 Å². The van der Waals surface area contributed by atoms with Crippen LogP contribution in [-0.2, 0) is 11.8 Å². The molecule has 0 aliphatic carbocycles. The predicted octanol–water partition coefficient (Wildman–Crippen LogP) is 3.92. The van der Waals surface area contributed by atoms with Crippen LogP contribution in [0, 0.1) is 0 Å². The number of thioether (sulfide) groups is 1. The second-order valence-corrected chi connectivity index (χ2v) is 6.99. The van der Waals surface area contributed by atoms with Gasteiger partial charge in [0.05, 0.1) is 21.7 Å². The minimum atomic E-state index is -2.99. The van der Waals surface area contributed by atoms with Gasteiger partial charge in [0.15, 0.2) is 5.16 Å². The van der Waals surface area contributed by atoms with Crippen molar-refractivity contribution in [2.24, 2.45) is 7.05 Å². The number of alkyl halides is 2. The Morgan fingerprint density at radius 1 is 1.32 bits per heavy atom. The fraction of sp³-hybridized carbons (Fsp3) is 0.167. The zero-order chi connectivity index (χ0) is 20.3. The lowest BCUT2D eigenvalue weighted by Gasteiger charge is -2.10. The number of nitrogens with zero attached hydrogens (tertiary/aromatic N) is 2. The van der Waals surface area contributed by atoms with E-state index >= 15 is 0 Å². The van der Waals surface area contributed by atoms with Gasteiger partial charge in [-0.25, -0.2) is 4.98 Å². The summed E-state index contributed by atoms with van der Waals surface area (Å²) in [6, 6.07) is 10.9. The molecule has 146 valence electrons. The Labute approximate surface area is 167 Å². The van der Waals surface area contributed by atoms with Gasteiger partial charge in [-0.1, -0.05) is 35.5 Å². The molecule has 1 heterocycles. The molecule has 28 heavy (non-hydrogen) atoms. The monoisotopic (exact) mass is 425 g/mol. The van der Waals surface area contributed by atoms with Crippen molar-refractivity contribution in [3.05, 3.63) is 57.8 Å². The number of benzene rings is 2. The molecule has 0 fully saturated rings. The zero-order valence-electron chi connectivity index (χ0n) is 14.5. The summed E-state index contributed by atoms with van der Waals surface area (Å²) in [5, 5.41) is 3.45. The van der Waals surface area contributed by atoms with Crippen LogP contribution in [0.2, 0.25) is 5.02 Å². The van der Waals surface area contributed by atoms with Gasteiger partial charge in [0, 0.05) is 12.7 Å². The third kappa shape index (κ3) is 4.60. The lowest BCUT2D eigenvalue weighted by molar-refractivity contribution is -0.113. The first kappa shape index (κ1) is 20.1. The molecule has 1 N–H and O–H groups in total. The maximum atomic E-state index is 12.4. The number of fused-ring (bicyclic) bond motifs is 1. The van der Waals surface area contributed by atoms with Crippen molar-refractivity contribution in [1.82, 2.24) is 9.55 Å². The Hall–Kier alpha value is -2.65. The molecule has 0 saturated heterocycles. The average Bonchev–Trinajstić information content (AvgIpc) is 2.65. The van der Waals surface area contributed by atoms with Gasteiger partial charge in [-0.15, -0.1) is 0 Å². The summed E-state index contributed by atoms with van der Waals surface area (Å²) in [7, 11) is 1.59. The van der Waals surface area contributed by atoms with E-state index < -0.39 is 6.61 Å². The largest absolute Gasteiger partial charge is 0.433 e. The molecule has 10 heteroatoms. The van der Waals surface area contributed by atoms with E-state index in [-0.39, 0.29) is 28.0 Å². The summed E-state index contributed by atoms with van der Waals surface area (Å²) in [6.45, 7) is -2.99. The van der Waals surface area contributed by atoms with Crippen LogP contribution >= 0.6 is 23.4 Å². The van der Waals surface area contributed by atoms with Crippen LogP contribution in [0.3, 0.4) is 0 Å². The van der Waals surface area contributed by atoms with E-state index in [1.807, 2.05) is 0 Å². The molecule has 3 rings (SSSR count). The van der Waals surface area contributed by atoms with E-state index in [1.54, 1.807) is 31.3 Å². The van der Waals surface area contributed by atoms with Gasteiger partial charge in [0.2, 0.25) is 5.91 Å². The summed E-state index contributed by atoms with van der Waals surface area (Å²) >= 11 is 6.96. The summed E-state index contributed by atoms with van der Waals surface area (Å²) in [5.41, 5.74) is 0.683. The molecule has 0 spiro atoms. The van der Waals surface area contributed by atoms with Gasteiger partial charge in [0.1, 0.15) is 5.75 Å². The highest BCUT2D eigenvalue weighted by atomic mass is 35.5. The summed E-state index contributed by atoms with van der Waals surface area (Å²) in [4.78, 5) is 28.9. The third-order valence-corrected chi connectivity index (χ3v) is 5.03. The molecule has 2 aromatic carbocycles. The van der Waals surface area contributed by atoms with E-state index in [0.29, 0.717) is 21.7 Å². The van der Waals surface area contributed by atoms with E-state index in [2.05, 4.69) is 15.0 Å². The second-order valence-electron chi connectivity index (χ2n) is 5.64. The molecule has 3 aromatic rings. The van der Waals surface area contributed by atoms with Gasteiger partial charge in [-0.2, -0.15) is 8.78 Å². The van der Waals surface area contributed by atoms with Crippen molar-refractivity contribution >= 4 is 45.9 Å². The molecule has 0 unspecified atom stereocenters. The minimum absolute atomic E-state index is 0.00841. The Morgan fingerprint density at radius 3 is 2.79 bits per heavy atom. The summed E-state index contributed by atoms with van der Waals surface area (Å²) in [5.74, 6) is -0.559. The van der Waals surface area contributed by atoms with E-state index in [4.69, 9.17) is 11.6 Å². The average molecular weight is 426 g/mol. The first-order chi connectivity index (χ1) is 13.3. The van der Waals surface area contributed by atoms with Gasteiger partial charge in [-0.3, -0.25) is 14.2 Å². The van der Waals surface area contributed by atoms with Crippen LogP contribution in [0.15, 0.2) is 52.4 Å². The number of aromatic nitrogens is 2. The SMILES string of the molecule is Cn1c(SCC(=O)Nc2ccc(OC(F)F)c(Cl)c2)nc2ccccc2c1=O. The van der Waals surface area contributed by atoms with Gasteiger partial charge >= 0.3 is 6.61 Å². The summed E-state index contributed by atoms with van der Waals surface area (Å²) in [6.07, 6.45) is 0. The molecule has 1 amide bonds. The van der Waals surface area contributed by atoms with Crippen LogP contribution < -0.4 is 15.6 Å². The van der Waals surface area contributed by atoms with Crippen LogP contribution in [0.25, 0.3) is 10.9 Å². The summed E-state index contributed by atoms with van der Waals surface area (Å²) < 4.78 is 30.1. The first-order valence-electron chi connectivity index (χ1n) is 7.98. The number of halogens is 3. The zero-order valence-corrected chi connectivity index (χ0v) is 16.1. The molecule has 6 nitrogen and oxygen atoms in total. The first-order valence-corrected chi connectivity index (χ1v) is 9.34. The lowest BCUT2D eigenvalue weighted by atomic mass is 10.2. The molecular weight excluding hydrogens is 412 g/mol. The third-order valence-electron chi connectivity index (χ3n) is 3.71. The molecule has 0 aliphatic heterocycles. The Morgan fingerprint density at radius 2 is 2.07 bits per heavy atom. The number of ether oxygens (including phenoxy) is 1. The van der Waals surface area contributed by atoms with E-state index in [9.17, 15) is 18.4 Å². The number of carbonyl (C=O) groups excluding carboxylic acids is 1. The van der Waals surface area contributed by atoms with E-state index in [0.717, 1.165) is 11.8 Å². The van der Waals surface area contributed by atoms with Crippen molar-refractivity contribution in [3.63, 3.8) is 0 Å². The smallest absolute Gasteiger partial charge is 0.387 e. The minimum Gasteiger partial charge on any atom is -0.433 e. The topological polar surface area (TPSA) is 73.2 Å². The maximum absolute atomic E-state index is 12.4. The number of carbonyl (C=O) groups is 1. The Kier molecular flexibility index (Phi) is 6.15. The van der Waals surface area contributed by atoms with Crippen LogP contribution in [0.5, 0.6) is 5.75 Å². The van der Waals surface area contributed by atoms with E-state index in [1.165, 1.54) is 22.8 Å². The number of hydrogen-bond acceptors (Lipinski definition) is 5. The van der Waals surface area contributed by atoms with Crippen LogP contribution in [0.4, 0.5) is 14.5 Å². The second kappa shape index (κ2) is 8.57. The molecular formula is C18H14ClF2N3O3S. The van der Waals surface area contributed by atoms with Gasteiger partial charge < -0.3 is 10.1 Å². The Balaban J connectivity index is 1.68. The lowest BCUT2D eigenvalue weighted by Crippen LogP contribution is -2.21. The predicted molar refractivity (Wildman–Crippen MR) is 104 cm³/mol. The highest BCUT2D eigenvalue weighted by molar-refractivity contribution is 7.99. The fourth-order valence-electron chi connectivity index (χ4n) is 2.42. The molecule has 0 aliphatic rings. The number of anilines is 1. The maximum Gasteiger partial charge on any atom is 0.387 e. The molecule has 0 bridgehead atoms. The number of nitrogens with one attached hydrogen (secondary N) is 1. The number of rotatable bonds is 6. The quantitative estimate of drug-likeness (QED) is 0.478. The highest BCUT2D eigenvalue weighted by Gasteiger charge is 2.13. The molecule has 0 saturated carbocycles. The van der Waals surface area contributed by atoms with Crippen molar-refractivity contribution in [3.8, 4) is 5.75 Å². The Bertz CT molecular complexity index is 1090. The van der Waals surface area contributed by atoms with Crippen molar-refractivity contribution < 1.29 is 18.3 Å². The van der Waals surface area contributed by atoms with Gasteiger partial charge in [0.25, 0.3) is 5.56 Å². The normalized spacial score (nSPS) is 11.0. The number of amides is 1. The molecule has 0 atom stereocenters. The highest BCUT2D eigenvalue weighted by Crippen LogP contribution is 2.29. The molecule has 1 aromatic heterocycles.